The highest BCUT2D eigenvalue weighted by molar-refractivity contribution is 5.92. The number of hydrogen-bond acceptors (Lipinski definition) is 8. The van der Waals surface area contributed by atoms with E-state index in [0.29, 0.717) is 45.6 Å². The molecule has 3 aromatic heterocycles. The number of anilines is 2. The Morgan fingerprint density at radius 1 is 1.05 bits per heavy atom. The third kappa shape index (κ3) is 4.66. The van der Waals surface area contributed by atoms with Crippen molar-refractivity contribution in [3.05, 3.63) is 83.3 Å². The van der Waals surface area contributed by atoms with Crippen LogP contribution < -0.4 is 15.8 Å². The Morgan fingerprint density at radius 2 is 1.78 bits per heavy atom. The van der Waals surface area contributed by atoms with Crippen molar-refractivity contribution in [3.63, 3.8) is 0 Å². The topological polar surface area (TPSA) is 145 Å². The van der Waals surface area contributed by atoms with Crippen LogP contribution in [0.5, 0.6) is 11.6 Å². The number of nitrogens with zero attached hydrogens (tertiary/aromatic N) is 6. The lowest BCUT2D eigenvalue weighted by atomic mass is 10.0. The summed E-state index contributed by atoms with van der Waals surface area (Å²) in [5, 5.41) is 12.2. The number of carbonyl (C=O) groups excluding carboxylic acids is 1. The van der Waals surface area contributed by atoms with Crippen LogP contribution in [0.1, 0.15) is 27.0 Å². The number of benzene rings is 2. The molecule has 0 saturated carbocycles. The first-order valence-electron chi connectivity index (χ1n) is 11.3. The fourth-order valence-electron chi connectivity index (χ4n) is 3.97. The van der Waals surface area contributed by atoms with Crippen LogP contribution in [0.25, 0.3) is 22.4 Å². The maximum atomic E-state index is 11.4. The van der Waals surface area contributed by atoms with E-state index in [4.69, 9.17) is 15.7 Å². The lowest BCUT2D eigenvalue weighted by molar-refractivity contribution is 0.1000. The maximum Gasteiger partial charge on any atom is 0.250 e. The summed E-state index contributed by atoms with van der Waals surface area (Å²) in [6.07, 6.45) is 3.12. The van der Waals surface area contributed by atoms with Crippen molar-refractivity contribution in [2.75, 3.05) is 5.32 Å². The van der Waals surface area contributed by atoms with Crippen molar-refractivity contribution < 1.29 is 9.53 Å². The number of fused-ring (bicyclic) bond motifs is 1. The molecular formula is C27H22N8O2. The summed E-state index contributed by atoms with van der Waals surface area (Å²) in [5.41, 5.74) is 11.5. The average Bonchev–Trinajstić information content (AvgIpc) is 3.27. The number of primary amides is 1. The van der Waals surface area contributed by atoms with Gasteiger partial charge in [0, 0.05) is 24.5 Å². The number of ether oxygens (including phenoxy) is 1. The van der Waals surface area contributed by atoms with E-state index in [0.717, 1.165) is 22.4 Å². The Morgan fingerprint density at radius 3 is 2.41 bits per heavy atom. The van der Waals surface area contributed by atoms with Crippen molar-refractivity contribution in [3.8, 4) is 29.0 Å². The molecule has 1 amide bonds. The molecule has 0 fully saturated rings. The normalized spacial score (nSPS) is 10.8. The van der Waals surface area contributed by atoms with Gasteiger partial charge in [0.1, 0.15) is 5.75 Å². The smallest absolute Gasteiger partial charge is 0.250 e. The van der Waals surface area contributed by atoms with E-state index in [1.807, 2.05) is 33.0 Å². The Hall–Kier alpha value is -5.30. The van der Waals surface area contributed by atoms with Crippen molar-refractivity contribution in [2.45, 2.75) is 13.8 Å². The minimum absolute atomic E-state index is 0.316. The van der Waals surface area contributed by atoms with Crippen LogP contribution in [-0.4, -0.2) is 30.4 Å². The van der Waals surface area contributed by atoms with Gasteiger partial charge in [-0.05, 0) is 73.5 Å². The summed E-state index contributed by atoms with van der Waals surface area (Å²) in [4.78, 5) is 29.3. The van der Waals surface area contributed by atoms with Crippen molar-refractivity contribution in [1.82, 2.24) is 24.5 Å². The number of hydrogen-bond donors (Lipinski definition) is 2. The molecule has 0 aliphatic carbocycles. The monoisotopic (exact) mass is 490 g/mol. The number of amides is 1. The first-order valence-corrected chi connectivity index (χ1v) is 11.3. The molecule has 3 heterocycles. The maximum absolute atomic E-state index is 11.4. The van der Waals surface area contributed by atoms with Gasteiger partial charge in [-0.25, -0.2) is 4.98 Å². The predicted octanol–water partition coefficient (Wildman–Crippen LogP) is 4.55. The molecule has 0 bridgehead atoms. The Balaban J connectivity index is 1.50. The number of pyridine rings is 1. The number of aryl methyl sites for hydroxylation is 3. The number of nitrogens with two attached hydrogens (primary N) is 1. The summed E-state index contributed by atoms with van der Waals surface area (Å²) in [5.74, 6) is 0.804. The van der Waals surface area contributed by atoms with Gasteiger partial charge in [-0.2, -0.15) is 15.2 Å². The zero-order chi connectivity index (χ0) is 26.1. The van der Waals surface area contributed by atoms with E-state index in [1.54, 1.807) is 47.3 Å². The van der Waals surface area contributed by atoms with Gasteiger partial charge in [-0.1, -0.05) is 0 Å². The van der Waals surface area contributed by atoms with Gasteiger partial charge in [-0.15, -0.1) is 0 Å². The van der Waals surface area contributed by atoms with Gasteiger partial charge in [0.05, 0.1) is 29.2 Å². The minimum atomic E-state index is -0.519. The van der Waals surface area contributed by atoms with Crippen LogP contribution in [0.2, 0.25) is 0 Å². The van der Waals surface area contributed by atoms with E-state index in [2.05, 4.69) is 31.3 Å². The second-order valence-corrected chi connectivity index (χ2v) is 8.53. The molecule has 182 valence electrons. The first-order chi connectivity index (χ1) is 17.8. The lowest BCUT2D eigenvalue weighted by Crippen LogP contribution is -2.11. The third-order valence-corrected chi connectivity index (χ3v) is 5.81. The number of nitriles is 1. The van der Waals surface area contributed by atoms with Crippen LogP contribution >= 0.6 is 0 Å². The van der Waals surface area contributed by atoms with E-state index >= 15 is 0 Å². The fourth-order valence-corrected chi connectivity index (χ4v) is 3.97. The lowest BCUT2D eigenvalue weighted by Gasteiger charge is -2.15. The highest BCUT2D eigenvalue weighted by Crippen LogP contribution is 2.35. The van der Waals surface area contributed by atoms with Crippen molar-refractivity contribution >= 4 is 28.7 Å². The van der Waals surface area contributed by atoms with Gasteiger partial charge < -0.3 is 20.4 Å². The summed E-state index contributed by atoms with van der Waals surface area (Å²) < 4.78 is 8.18. The summed E-state index contributed by atoms with van der Waals surface area (Å²) in [6.45, 7) is 3.89. The molecule has 0 aliphatic rings. The van der Waals surface area contributed by atoms with E-state index in [1.165, 1.54) is 6.20 Å². The SMILES string of the molecule is Cc1cc(-c2ccc(C(N)=O)cn2)cc(C)c1Oc1nc(Nc2ccc(C#N)cc2)nc2ncn(C)c12. The second-order valence-electron chi connectivity index (χ2n) is 8.53. The quantitative estimate of drug-likeness (QED) is 0.353. The molecular weight excluding hydrogens is 468 g/mol. The Kier molecular flexibility index (Phi) is 5.95. The second kappa shape index (κ2) is 9.39. The third-order valence-electron chi connectivity index (χ3n) is 5.81. The van der Waals surface area contributed by atoms with E-state index < -0.39 is 5.91 Å². The number of imidazole rings is 1. The van der Waals surface area contributed by atoms with Gasteiger partial charge >= 0.3 is 0 Å². The molecule has 2 aromatic carbocycles. The highest BCUT2D eigenvalue weighted by Gasteiger charge is 2.18. The van der Waals surface area contributed by atoms with Crippen LogP contribution in [0, 0.1) is 25.2 Å². The standard InChI is InChI=1S/C27H22N8O2/c1-15-10-19(21-9-6-18(13-30-21)24(29)36)11-16(2)23(15)37-26-22-25(31-14-35(22)3)33-27(34-26)32-20-7-4-17(12-28)5-8-20/h4-11,13-14H,1-3H3,(H2,29,36)(H,32,33,34). The number of nitrogens with one attached hydrogen (secondary N) is 1. The molecule has 0 atom stereocenters. The van der Waals surface area contributed by atoms with Crippen LogP contribution in [0.4, 0.5) is 11.6 Å². The molecule has 0 saturated heterocycles. The summed E-state index contributed by atoms with van der Waals surface area (Å²) in [7, 11) is 1.85. The predicted molar refractivity (Wildman–Crippen MR) is 138 cm³/mol. The number of carbonyl (C=O) groups is 1. The molecule has 0 spiro atoms. The Bertz CT molecular complexity index is 1660. The molecule has 0 radical (unpaired) electrons. The molecule has 5 rings (SSSR count). The molecule has 0 aliphatic heterocycles. The molecule has 37 heavy (non-hydrogen) atoms. The van der Waals surface area contributed by atoms with Crippen molar-refractivity contribution in [1.29, 1.82) is 5.26 Å². The molecule has 0 unspecified atom stereocenters. The zero-order valence-electron chi connectivity index (χ0n) is 20.4. The largest absolute Gasteiger partial charge is 0.436 e. The van der Waals surface area contributed by atoms with E-state index in [9.17, 15) is 4.79 Å². The average molecular weight is 491 g/mol. The zero-order valence-corrected chi connectivity index (χ0v) is 20.4. The van der Waals surface area contributed by atoms with Crippen LogP contribution in [-0.2, 0) is 7.05 Å². The van der Waals surface area contributed by atoms with Crippen LogP contribution in [0.3, 0.4) is 0 Å². The van der Waals surface area contributed by atoms with Crippen molar-refractivity contribution in [2.24, 2.45) is 12.8 Å². The number of rotatable bonds is 6. The van der Waals surface area contributed by atoms with Crippen LogP contribution in [0.15, 0.2) is 61.1 Å². The molecule has 10 nitrogen and oxygen atoms in total. The van der Waals surface area contributed by atoms with Gasteiger partial charge in [0.2, 0.25) is 11.9 Å². The van der Waals surface area contributed by atoms with Gasteiger partial charge in [0.25, 0.3) is 5.88 Å². The molecule has 10 heteroatoms. The van der Waals surface area contributed by atoms with E-state index in [-0.39, 0.29) is 0 Å². The van der Waals surface area contributed by atoms with Gasteiger partial charge in [0.15, 0.2) is 11.2 Å². The number of aromatic nitrogens is 5. The highest BCUT2D eigenvalue weighted by atomic mass is 16.5. The molecule has 5 aromatic rings. The summed E-state index contributed by atoms with van der Waals surface area (Å²) >= 11 is 0. The Labute approximate surface area is 212 Å². The molecule has 3 N–H and O–H groups in total. The fraction of sp³-hybridized carbons (Fsp3) is 0.111. The summed E-state index contributed by atoms with van der Waals surface area (Å²) in [6, 6.07) is 16.4. The first kappa shape index (κ1) is 23.4. The van der Waals surface area contributed by atoms with Gasteiger partial charge in [-0.3, -0.25) is 9.78 Å². The minimum Gasteiger partial charge on any atom is -0.436 e.